The number of fused-ring (bicyclic) bond motifs is 1. The molecule has 34 heavy (non-hydrogen) atoms. The lowest BCUT2D eigenvalue weighted by atomic mass is 10.1. The molecule has 6 heteroatoms. The number of thiazole rings is 1. The van der Waals surface area contributed by atoms with Crippen molar-refractivity contribution in [2.45, 2.75) is 12.8 Å². The molecule has 0 radical (unpaired) electrons. The van der Waals surface area contributed by atoms with Gasteiger partial charge in [0.05, 0.1) is 29.9 Å². The smallest absolute Gasteiger partial charge is 0.126 e. The average Bonchev–Trinajstić information content (AvgIpc) is 3.14. The Hall–Kier alpha value is -3.06. The second kappa shape index (κ2) is 12.4. The minimum absolute atomic E-state index is 0.403. The van der Waals surface area contributed by atoms with Crippen LogP contribution in [0, 0.1) is 0 Å². The van der Waals surface area contributed by atoms with E-state index in [1.807, 2.05) is 31.3 Å². The van der Waals surface area contributed by atoms with Crippen molar-refractivity contribution in [1.29, 1.82) is 0 Å². The van der Waals surface area contributed by atoms with E-state index in [1.54, 1.807) is 11.3 Å². The van der Waals surface area contributed by atoms with Crippen LogP contribution in [-0.2, 0) is 16.0 Å². The molecule has 1 N–H and O–H groups in total. The van der Waals surface area contributed by atoms with Gasteiger partial charge >= 0.3 is 0 Å². The molecule has 5 rings (SSSR count). The van der Waals surface area contributed by atoms with Crippen LogP contribution in [0.5, 0.6) is 0 Å². The molecule has 2 heterocycles. The Morgan fingerprint density at radius 1 is 1.06 bits per heavy atom. The van der Waals surface area contributed by atoms with E-state index in [0.29, 0.717) is 6.42 Å². The summed E-state index contributed by atoms with van der Waals surface area (Å²) in [5.41, 5.74) is 6.05. The molecule has 0 unspecified atom stereocenters. The molecule has 2 aliphatic rings. The van der Waals surface area contributed by atoms with E-state index in [4.69, 9.17) is 4.74 Å². The normalized spacial score (nSPS) is 15.7. The summed E-state index contributed by atoms with van der Waals surface area (Å²) in [4.78, 5) is 17.3. The zero-order chi connectivity index (χ0) is 23.6. The standard InChI is InChI=1S/C15H11NOS.C13H20N2O/c17-9-8-15-16-13-7-6-12(10-14(13)18-15)11-4-2-1-3-5-11;1-14-11-12-3-2-4-13(6-5-12)15-7-9-16-10-8-15/h1-7,9-10H,8H2;3-6,14H,2,7-11H2,1H3. The number of carbonyl (C=O) groups is 1. The van der Waals surface area contributed by atoms with E-state index in [0.717, 1.165) is 60.8 Å². The van der Waals surface area contributed by atoms with E-state index in [2.05, 4.69) is 63.8 Å². The topological polar surface area (TPSA) is 54.5 Å². The zero-order valence-corrected chi connectivity index (χ0v) is 20.4. The van der Waals surface area contributed by atoms with Crippen molar-refractivity contribution in [3.8, 4) is 11.1 Å². The second-order valence-corrected chi connectivity index (χ2v) is 9.25. The predicted octanol–water partition coefficient (Wildman–Crippen LogP) is 5.01. The average molecular weight is 474 g/mol. The quantitative estimate of drug-likeness (QED) is 0.510. The minimum atomic E-state index is 0.403. The van der Waals surface area contributed by atoms with Gasteiger partial charge in [-0.05, 0) is 48.4 Å². The van der Waals surface area contributed by atoms with E-state index in [1.165, 1.54) is 22.4 Å². The number of benzene rings is 2. The number of ether oxygens (including phenoxy) is 1. The summed E-state index contributed by atoms with van der Waals surface area (Å²) in [6.07, 6.45) is 11.3. The Morgan fingerprint density at radius 3 is 2.65 bits per heavy atom. The molecule has 1 saturated heterocycles. The van der Waals surface area contributed by atoms with Crippen LogP contribution in [-0.4, -0.2) is 56.1 Å². The van der Waals surface area contributed by atoms with Crippen LogP contribution in [0.25, 0.3) is 21.3 Å². The Bertz CT molecular complexity index is 1170. The van der Waals surface area contributed by atoms with Gasteiger partial charge in [-0.2, -0.15) is 0 Å². The van der Waals surface area contributed by atoms with Crippen molar-refractivity contribution < 1.29 is 9.53 Å². The molecule has 0 spiro atoms. The maximum absolute atomic E-state index is 10.5. The molecule has 1 aliphatic heterocycles. The molecule has 0 bridgehead atoms. The minimum Gasteiger partial charge on any atom is -0.378 e. The Balaban J connectivity index is 0.000000162. The van der Waals surface area contributed by atoms with Crippen molar-refractivity contribution in [2.75, 3.05) is 39.9 Å². The maximum Gasteiger partial charge on any atom is 0.126 e. The van der Waals surface area contributed by atoms with Crippen LogP contribution in [0.15, 0.2) is 84.1 Å². The number of allylic oxidation sites excluding steroid dienone is 3. The van der Waals surface area contributed by atoms with E-state index in [9.17, 15) is 4.79 Å². The Kier molecular flexibility index (Phi) is 8.79. The molecule has 3 aromatic rings. The van der Waals surface area contributed by atoms with E-state index in [-0.39, 0.29) is 0 Å². The van der Waals surface area contributed by atoms with Gasteiger partial charge in [-0.1, -0.05) is 54.6 Å². The SMILES string of the molecule is CNCC1=CCC=C(N2CCOCC2)C=C1.O=CCc1nc2ccc(-c3ccccc3)cc2s1. The van der Waals surface area contributed by atoms with Crippen LogP contribution < -0.4 is 5.32 Å². The van der Waals surface area contributed by atoms with Crippen molar-refractivity contribution in [3.63, 3.8) is 0 Å². The largest absolute Gasteiger partial charge is 0.378 e. The molecule has 5 nitrogen and oxygen atoms in total. The molecule has 0 saturated carbocycles. The van der Waals surface area contributed by atoms with E-state index < -0.39 is 0 Å². The molecular weight excluding hydrogens is 442 g/mol. The summed E-state index contributed by atoms with van der Waals surface area (Å²) in [6, 6.07) is 16.5. The van der Waals surface area contributed by atoms with Gasteiger partial charge in [-0.15, -0.1) is 11.3 Å². The molecule has 0 atom stereocenters. The number of nitrogens with one attached hydrogen (secondary N) is 1. The van der Waals surface area contributed by atoms with Gasteiger partial charge in [0.15, 0.2) is 0 Å². The monoisotopic (exact) mass is 473 g/mol. The number of carbonyl (C=O) groups excluding carboxylic acids is 1. The van der Waals surface area contributed by atoms with Gasteiger partial charge in [0.2, 0.25) is 0 Å². The highest BCUT2D eigenvalue weighted by Gasteiger charge is 2.12. The third-order valence-electron chi connectivity index (χ3n) is 5.73. The summed E-state index contributed by atoms with van der Waals surface area (Å²) in [5.74, 6) is 0. The highest BCUT2D eigenvalue weighted by molar-refractivity contribution is 7.18. The summed E-state index contributed by atoms with van der Waals surface area (Å²) < 4.78 is 6.50. The van der Waals surface area contributed by atoms with Crippen LogP contribution in [0.4, 0.5) is 0 Å². The van der Waals surface area contributed by atoms with Crippen molar-refractivity contribution in [2.24, 2.45) is 0 Å². The van der Waals surface area contributed by atoms with Gasteiger partial charge in [-0.3, -0.25) is 0 Å². The van der Waals surface area contributed by atoms with Gasteiger partial charge < -0.3 is 19.7 Å². The number of nitrogens with zero attached hydrogens (tertiary/aromatic N) is 2. The molecule has 1 aliphatic carbocycles. The van der Waals surface area contributed by atoms with Gasteiger partial charge in [0.1, 0.15) is 11.3 Å². The first-order valence-corrected chi connectivity index (χ1v) is 12.5. The van der Waals surface area contributed by atoms with Crippen LogP contribution >= 0.6 is 11.3 Å². The zero-order valence-electron chi connectivity index (χ0n) is 19.6. The fraction of sp³-hybridized carbons (Fsp3) is 0.286. The van der Waals surface area contributed by atoms with Gasteiger partial charge in [0, 0.05) is 25.3 Å². The van der Waals surface area contributed by atoms with Gasteiger partial charge in [-0.25, -0.2) is 4.98 Å². The number of hydrogen-bond donors (Lipinski definition) is 1. The predicted molar refractivity (Wildman–Crippen MR) is 141 cm³/mol. The fourth-order valence-electron chi connectivity index (χ4n) is 3.99. The summed E-state index contributed by atoms with van der Waals surface area (Å²) in [6.45, 7) is 4.67. The molecule has 1 aromatic heterocycles. The number of aldehydes is 1. The fourth-order valence-corrected chi connectivity index (χ4v) is 4.95. The van der Waals surface area contributed by atoms with E-state index >= 15 is 0 Å². The molecule has 0 amide bonds. The first kappa shape index (κ1) is 24.1. The first-order valence-electron chi connectivity index (χ1n) is 11.7. The molecule has 2 aromatic carbocycles. The number of rotatable bonds is 6. The Labute approximate surface area is 205 Å². The van der Waals surface area contributed by atoms with Crippen LogP contribution in [0.2, 0.25) is 0 Å². The second-order valence-electron chi connectivity index (χ2n) is 8.13. The van der Waals surface area contributed by atoms with Crippen molar-refractivity contribution >= 4 is 27.8 Å². The van der Waals surface area contributed by atoms with Gasteiger partial charge in [0.25, 0.3) is 0 Å². The summed E-state index contributed by atoms with van der Waals surface area (Å²) >= 11 is 1.59. The first-order chi connectivity index (χ1) is 16.8. The molecule has 1 fully saturated rings. The summed E-state index contributed by atoms with van der Waals surface area (Å²) in [7, 11) is 1.98. The number of hydrogen-bond acceptors (Lipinski definition) is 6. The third kappa shape index (κ3) is 6.50. The lowest BCUT2D eigenvalue weighted by Crippen LogP contribution is -2.35. The highest BCUT2D eigenvalue weighted by atomic mass is 32.1. The highest BCUT2D eigenvalue weighted by Crippen LogP contribution is 2.28. The summed E-state index contributed by atoms with van der Waals surface area (Å²) in [5, 5.41) is 4.06. The van der Waals surface area contributed by atoms with Crippen molar-refractivity contribution in [1.82, 2.24) is 15.2 Å². The lowest BCUT2D eigenvalue weighted by Gasteiger charge is -2.29. The van der Waals surface area contributed by atoms with Crippen molar-refractivity contribution in [3.05, 3.63) is 89.1 Å². The third-order valence-corrected chi connectivity index (χ3v) is 6.77. The van der Waals surface area contributed by atoms with Crippen LogP contribution in [0.1, 0.15) is 11.4 Å². The van der Waals surface area contributed by atoms with Crippen LogP contribution in [0.3, 0.4) is 0 Å². The number of likely N-dealkylation sites (N-methyl/N-ethyl adjacent to an activating group) is 1. The lowest BCUT2D eigenvalue weighted by molar-refractivity contribution is -0.107. The molecule has 176 valence electrons. The molecular formula is C28H31N3O2S. The Morgan fingerprint density at radius 2 is 1.88 bits per heavy atom. The number of aromatic nitrogens is 1. The maximum atomic E-state index is 10.5. The number of morpholine rings is 1.